The lowest BCUT2D eigenvalue weighted by atomic mass is 10.0. The van der Waals surface area contributed by atoms with Gasteiger partial charge in [0.15, 0.2) is 0 Å². The Labute approximate surface area is 219 Å². The molecule has 0 unspecified atom stereocenters. The van der Waals surface area contributed by atoms with E-state index in [1.165, 1.54) is 5.56 Å². The summed E-state index contributed by atoms with van der Waals surface area (Å²) in [4.78, 5) is 28.6. The third-order valence-corrected chi connectivity index (χ3v) is 7.09. The minimum Gasteiger partial charge on any atom is -0.360 e. The SMILES string of the molecule is CCN(C)c1cc(-c2ccc3nc(Nc4cc(CN5CCN(C(C)(C)C)CC5)ccn4)[nH]c3c2)ncn1. The fourth-order valence-electron chi connectivity index (χ4n) is 4.70. The summed E-state index contributed by atoms with van der Waals surface area (Å²) >= 11 is 0. The fraction of sp³-hybridized carbons (Fsp3) is 0.429. The molecule has 1 aliphatic heterocycles. The number of imidazole rings is 1. The van der Waals surface area contributed by atoms with E-state index in [-0.39, 0.29) is 5.54 Å². The first kappa shape index (κ1) is 25.1. The first-order valence-electron chi connectivity index (χ1n) is 13.0. The predicted molar refractivity (Wildman–Crippen MR) is 150 cm³/mol. The van der Waals surface area contributed by atoms with Crippen molar-refractivity contribution in [3.63, 3.8) is 0 Å². The summed E-state index contributed by atoms with van der Waals surface area (Å²) in [5.41, 5.74) is 5.21. The number of hydrogen-bond acceptors (Lipinski definition) is 8. The van der Waals surface area contributed by atoms with Gasteiger partial charge in [-0.05, 0) is 57.5 Å². The number of pyridine rings is 1. The second kappa shape index (κ2) is 10.4. The molecule has 0 amide bonds. The summed E-state index contributed by atoms with van der Waals surface area (Å²) in [6.45, 7) is 15.2. The van der Waals surface area contributed by atoms with Crippen molar-refractivity contribution in [2.45, 2.75) is 39.8 Å². The highest BCUT2D eigenvalue weighted by Crippen LogP contribution is 2.26. The molecule has 1 fully saturated rings. The number of piperazine rings is 1. The van der Waals surface area contributed by atoms with E-state index >= 15 is 0 Å². The molecule has 1 saturated heterocycles. The van der Waals surface area contributed by atoms with Crippen LogP contribution in [0.25, 0.3) is 22.3 Å². The Bertz CT molecular complexity index is 1350. The number of nitrogens with one attached hydrogen (secondary N) is 2. The number of rotatable bonds is 7. The Morgan fingerprint density at radius 2 is 1.81 bits per heavy atom. The van der Waals surface area contributed by atoms with Crippen LogP contribution in [0, 0.1) is 0 Å². The third kappa shape index (κ3) is 5.89. The maximum atomic E-state index is 4.71. The summed E-state index contributed by atoms with van der Waals surface area (Å²) in [6.07, 6.45) is 3.48. The van der Waals surface area contributed by atoms with E-state index in [1.807, 2.05) is 31.4 Å². The number of benzene rings is 1. The molecule has 9 nitrogen and oxygen atoms in total. The van der Waals surface area contributed by atoms with Gasteiger partial charge in [-0.15, -0.1) is 0 Å². The number of fused-ring (bicyclic) bond motifs is 1. The van der Waals surface area contributed by atoms with Crippen LogP contribution in [0.15, 0.2) is 48.9 Å². The van der Waals surface area contributed by atoms with Gasteiger partial charge in [-0.25, -0.2) is 19.9 Å². The first-order chi connectivity index (χ1) is 17.8. The number of hydrogen-bond donors (Lipinski definition) is 2. The minimum atomic E-state index is 0.233. The zero-order chi connectivity index (χ0) is 26.0. The van der Waals surface area contributed by atoms with Gasteiger partial charge in [0.2, 0.25) is 5.95 Å². The Balaban J connectivity index is 1.27. The molecule has 4 heterocycles. The molecule has 3 aromatic heterocycles. The molecule has 0 spiro atoms. The molecular formula is C28H37N9. The second-order valence-electron chi connectivity index (χ2n) is 10.7. The monoisotopic (exact) mass is 499 g/mol. The van der Waals surface area contributed by atoms with Gasteiger partial charge in [-0.3, -0.25) is 9.80 Å². The van der Waals surface area contributed by atoms with E-state index in [4.69, 9.17) is 4.98 Å². The van der Waals surface area contributed by atoms with Crippen LogP contribution in [0.1, 0.15) is 33.3 Å². The van der Waals surface area contributed by atoms with Crippen LogP contribution in [0.2, 0.25) is 0 Å². The number of aromatic nitrogens is 5. The molecule has 4 aromatic rings. The zero-order valence-electron chi connectivity index (χ0n) is 22.5. The summed E-state index contributed by atoms with van der Waals surface area (Å²) < 4.78 is 0. The van der Waals surface area contributed by atoms with Crippen molar-refractivity contribution in [3.8, 4) is 11.3 Å². The van der Waals surface area contributed by atoms with Gasteiger partial charge in [0.25, 0.3) is 0 Å². The van der Waals surface area contributed by atoms with E-state index in [0.29, 0.717) is 5.95 Å². The van der Waals surface area contributed by atoms with Crippen molar-refractivity contribution in [1.29, 1.82) is 0 Å². The molecular weight excluding hydrogens is 462 g/mol. The molecule has 0 bridgehead atoms. The van der Waals surface area contributed by atoms with Crippen LogP contribution < -0.4 is 10.2 Å². The second-order valence-corrected chi connectivity index (χ2v) is 10.7. The van der Waals surface area contributed by atoms with Gasteiger partial charge >= 0.3 is 0 Å². The molecule has 194 valence electrons. The maximum absolute atomic E-state index is 4.71. The van der Waals surface area contributed by atoms with Gasteiger partial charge in [0, 0.05) is 69.7 Å². The number of H-pyrrole nitrogens is 1. The van der Waals surface area contributed by atoms with Crippen molar-refractivity contribution in [1.82, 2.24) is 34.7 Å². The molecule has 5 rings (SSSR count). The van der Waals surface area contributed by atoms with E-state index in [1.54, 1.807) is 6.33 Å². The summed E-state index contributed by atoms with van der Waals surface area (Å²) in [5.74, 6) is 2.36. The first-order valence-corrected chi connectivity index (χ1v) is 13.0. The van der Waals surface area contributed by atoms with Crippen molar-refractivity contribution in [3.05, 3.63) is 54.5 Å². The average Bonchev–Trinajstić information content (AvgIpc) is 3.29. The number of aromatic amines is 1. The van der Waals surface area contributed by atoms with Gasteiger partial charge in [0.05, 0.1) is 16.7 Å². The topological polar surface area (TPSA) is 89.1 Å². The lowest BCUT2D eigenvalue weighted by Crippen LogP contribution is -2.53. The van der Waals surface area contributed by atoms with Crippen molar-refractivity contribution < 1.29 is 0 Å². The van der Waals surface area contributed by atoms with Gasteiger partial charge in [-0.1, -0.05) is 6.07 Å². The highest BCUT2D eigenvalue weighted by molar-refractivity contribution is 5.83. The maximum Gasteiger partial charge on any atom is 0.206 e. The van der Waals surface area contributed by atoms with E-state index < -0.39 is 0 Å². The zero-order valence-corrected chi connectivity index (χ0v) is 22.5. The summed E-state index contributed by atoms with van der Waals surface area (Å²) in [5, 5.41) is 3.35. The molecule has 1 aromatic carbocycles. The Hall–Kier alpha value is -3.56. The predicted octanol–water partition coefficient (Wildman–Crippen LogP) is 4.53. The molecule has 0 saturated carbocycles. The van der Waals surface area contributed by atoms with E-state index in [9.17, 15) is 0 Å². The van der Waals surface area contributed by atoms with Crippen LogP contribution in [0.5, 0.6) is 0 Å². The minimum absolute atomic E-state index is 0.233. The van der Waals surface area contributed by atoms with Crippen molar-refractivity contribution in [2.24, 2.45) is 0 Å². The highest BCUT2D eigenvalue weighted by Gasteiger charge is 2.25. The van der Waals surface area contributed by atoms with Crippen LogP contribution in [0.4, 0.5) is 17.6 Å². The summed E-state index contributed by atoms with van der Waals surface area (Å²) in [6, 6.07) is 12.4. The van der Waals surface area contributed by atoms with Crippen LogP contribution >= 0.6 is 0 Å². The Morgan fingerprint density at radius 3 is 2.57 bits per heavy atom. The molecule has 37 heavy (non-hydrogen) atoms. The standard InChI is InChI=1S/C28H37N9/c1-6-35(5)26-17-23(30-19-31-26)21-7-8-22-24(16-21)33-27(32-22)34-25-15-20(9-10-29-25)18-36-11-13-37(14-12-36)28(2,3)4/h7-10,15-17,19H,6,11-14,18H2,1-5H3,(H2,29,32,33,34). The molecule has 9 heteroatoms. The van der Waals surface area contributed by atoms with Gasteiger partial charge < -0.3 is 15.2 Å². The smallest absolute Gasteiger partial charge is 0.206 e. The highest BCUT2D eigenvalue weighted by atomic mass is 15.3. The lowest BCUT2D eigenvalue weighted by Gasteiger charge is -2.42. The van der Waals surface area contributed by atoms with Crippen LogP contribution in [0.3, 0.4) is 0 Å². The van der Waals surface area contributed by atoms with Gasteiger partial charge in [0.1, 0.15) is 18.0 Å². The lowest BCUT2D eigenvalue weighted by molar-refractivity contribution is 0.0591. The molecule has 0 aliphatic carbocycles. The molecule has 0 atom stereocenters. The van der Waals surface area contributed by atoms with Gasteiger partial charge in [-0.2, -0.15) is 0 Å². The quantitative estimate of drug-likeness (QED) is 0.383. The normalized spacial score (nSPS) is 15.3. The number of nitrogens with zero attached hydrogens (tertiary/aromatic N) is 7. The Kier molecular flexibility index (Phi) is 7.08. The van der Waals surface area contributed by atoms with Crippen LogP contribution in [-0.4, -0.2) is 80.0 Å². The van der Waals surface area contributed by atoms with Crippen molar-refractivity contribution >= 4 is 28.6 Å². The van der Waals surface area contributed by atoms with E-state index in [2.05, 4.69) is 85.8 Å². The third-order valence-electron chi connectivity index (χ3n) is 7.09. The summed E-state index contributed by atoms with van der Waals surface area (Å²) in [7, 11) is 2.03. The average molecular weight is 500 g/mol. The Morgan fingerprint density at radius 1 is 1.00 bits per heavy atom. The van der Waals surface area contributed by atoms with Crippen molar-refractivity contribution in [2.75, 3.05) is 50.0 Å². The molecule has 1 aliphatic rings. The fourth-order valence-corrected chi connectivity index (χ4v) is 4.70. The van der Waals surface area contributed by atoms with E-state index in [0.717, 1.165) is 73.2 Å². The molecule has 0 radical (unpaired) electrons. The number of anilines is 3. The van der Waals surface area contributed by atoms with Crippen LogP contribution in [-0.2, 0) is 6.54 Å². The largest absolute Gasteiger partial charge is 0.360 e. The molecule has 2 N–H and O–H groups in total.